The van der Waals surface area contributed by atoms with Crippen LogP contribution in [0.2, 0.25) is 5.15 Å². The Bertz CT molecular complexity index is 211. The van der Waals surface area contributed by atoms with Crippen molar-refractivity contribution < 1.29 is 4.79 Å². The maximum Gasteiger partial charge on any atom is 0.309 e. The van der Waals surface area contributed by atoms with E-state index in [-0.39, 0.29) is 0 Å². The molecule has 0 radical (unpaired) electrons. The number of carbonyl (C=O) groups is 1. The highest BCUT2D eigenvalue weighted by Crippen LogP contribution is 1.96. The third kappa shape index (κ3) is 8.64. The van der Waals surface area contributed by atoms with Gasteiger partial charge in [0.05, 0.1) is 0 Å². The van der Waals surface area contributed by atoms with Crippen LogP contribution in [0.3, 0.4) is 0 Å². The Labute approximate surface area is 68.4 Å². The number of rotatable bonds is 0. The summed E-state index contributed by atoms with van der Waals surface area (Å²) < 4.78 is 0. The summed E-state index contributed by atoms with van der Waals surface area (Å²) in [6.07, 6.45) is 3.00. The Morgan fingerprint density at radius 3 is 2.27 bits per heavy atom. The third-order valence-electron chi connectivity index (χ3n) is 0.546. The van der Waals surface area contributed by atoms with Crippen molar-refractivity contribution in [1.29, 1.82) is 0 Å². The Hall–Kier alpha value is -1.36. The monoisotopic (exact) mass is 174 g/mol. The van der Waals surface area contributed by atoms with E-state index in [1.165, 1.54) is 6.33 Å². The molecule has 0 bridgehead atoms. The quantitative estimate of drug-likeness (QED) is 0.549. The molecule has 0 aliphatic carbocycles. The highest BCUT2D eigenvalue weighted by molar-refractivity contribution is 6.29. The van der Waals surface area contributed by atoms with E-state index in [0.717, 1.165) is 0 Å². The molecule has 6 heteroatoms. The Kier molecular flexibility index (Phi) is 4.76. The van der Waals surface area contributed by atoms with Gasteiger partial charge in [0.2, 0.25) is 0 Å². The summed E-state index contributed by atoms with van der Waals surface area (Å²) in [7, 11) is 0. The molecule has 1 heterocycles. The molecule has 0 atom stereocenters. The van der Waals surface area contributed by atoms with E-state index in [9.17, 15) is 0 Å². The van der Waals surface area contributed by atoms with E-state index in [2.05, 4.69) is 21.4 Å². The van der Waals surface area contributed by atoms with Crippen LogP contribution in [0.5, 0.6) is 0 Å². The van der Waals surface area contributed by atoms with Gasteiger partial charge in [-0.1, -0.05) is 11.6 Å². The molecule has 0 saturated heterocycles. The van der Waals surface area contributed by atoms with Gasteiger partial charge in [0, 0.05) is 6.20 Å². The summed E-state index contributed by atoms with van der Waals surface area (Å²) in [5, 5.41) is 0.481. The molecule has 0 saturated carbocycles. The molecule has 5 nitrogen and oxygen atoms in total. The highest BCUT2D eigenvalue weighted by Gasteiger charge is 1.77. The van der Waals surface area contributed by atoms with Crippen LogP contribution in [0.15, 0.2) is 18.6 Å². The first-order chi connectivity index (χ1) is 5.13. The van der Waals surface area contributed by atoms with E-state index in [0.29, 0.717) is 5.15 Å². The van der Waals surface area contributed by atoms with Crippen molar-refractivity contribution in [2.75, 3.05) is 0 Å². The van der Waals surface area contributed by atoms with Crippen LogP contribution >= 0.6 is 11.6 Å². The van der Waals surface area contributed by atoms with Gasteiger partial charge in [0.25, 0.3) is 0 Å². The van der Waals surface area contributed by atoms with Gasteiger partial charge in [-0.25, -0.2) is 14.8 Å². The average Bonchev–Trinajstić information content (AvgIpc) is 1.87. The third-order valence-corrected chi connectivity index (χ3v) is 0.769. The first kappa shape index (κ1) is 9.64. The molecular weight excluding hydrogens is 168 g/mol. The summed E-state index contributed by atoms with van der Waals surface area (Å²) in [4.78, 5) is 16.3. The molecule has 1 aromatic rings. The van der Waals surface area contributed by atoms with E-state index in [1.807, 2.05) is 0 Å². The molecule has 1 rings (SSSR count). The van der Waals surface area contributed by atoms with Gasteiger partial charge >= 0.3 is 6.03 Å². The molecule has 0 spiro atoms. The van der Waals surface area contributed by atoms with E-state index in [4.69, 9.17) is 16.4 Å². The van der Waals surface area contributed by atoms with Crippen molar-refractivity contribution in [3.63, 3.8) is 0 Å². The number of hydrogen-bond donors (Lipinski definition) is 2. The van der Waals surface area contributed by atoms with Gasteiger partial charge in [-0.15, -0.1) is 0 Å². The first-order valence-electron chi connectivity index (χ1n) is 2.59. The zero-order valence-electron chi connectivity index (χ0n) is 5.57. The molecule has 4 N–H and O–H groups in total. The van der Waals surface area contributed by atoms with Crippen LogP contribution in [0.25, 0.3) is 0 Å². The van der Waals surface area contributed by atoms with Gasteiger partial charge in [0.1, 0.15) is 11.5 Å². The molecule has 0 fully saturated rings. The fourth-order valence-electron chi connectivity index (χ4n) is 0.275. The normalized spacial score (nSPS) is 7.73. The maximum atomic E-state index is 9.00. The van der Waals surface area contributed by atoms with Crippen molar-refractivity contribution in [2.24, 2.45) is 11.5 Å². The lowest BCUT2D eigenvalue weighted by Gasteiger charge is -1.79. The van der Waals surface area contributed by atoms with E-state index >= 15 is 0 Å². The number of amides is 2. The predicted octanol–water partition coefficient (Wildman–Crippen LogP) is 0.154. The number of aromatic nitrogens is 2. The standard InChI is InChI=1S/C4H3ClN2.CH4N2O/c5-4-1-2-6-3-7-4;2-1(3)4/h1-3H;(H4,2,3,4). The predicted molar refractivity (Wildman–Crippen MR) is 40.8 cm³/mol. The zero-order valence-corrected chi connectivity index (χ0v) is 6.32. The molecule has 0 aromatic carbocycles. The van der Waals surface area contributed by atoms with Crippen molar-refractivity contribution >= 4 is 17.6 Å². The van der Waals surface area contributed by atoms with Crippen LogP contribution in [0.4, 0.5) is 4.79 Å². The van der Waals surface area contributed by atoms with Gasteiger partial charge in [0.15, 0.2) is 0 Å². The van der Waals surface area contributed by atoms with Crippen LogP contribution in [0, 0.1) is 0 Å². The Morgan fingerprint density at radius 2 is 2.09 bits per heavy atom. The lowest BCUT2D eigenvalue weighted by atomic mass is 10.7. The fourth-order valence-corrected chi connectivity index (χ4v) is 0.375. The van der Waals surface area contributed by atoms with E-state index < -0.39 is 6.03 Å². The SMILES string of the molecule is Clc1ccncn1.NC(N)=O. The molecule has 0 aliphatic rings. The topological polar surface area (TPSA) is 94.9 Å². The van der Waals surface area contributed by atoms with E-state index in [1.54, 1.807) is 12.3 Å². The second kappa shape index (κ2) is 5.43. The van der Waals surface area contributed by atoms with Crippen LogP contribution in [-0.4, -0.2) is 16.0 Å². The molecule has 2 amide bonds. The molecule has 1 aromatic heterocycles. The maximum absolute atomic E-state index is 9.00. The van der Waals surface area contributed by atoms with Crippen molar-refractivity contribution in [2.45, 2.75) is 0 Å². The van der Waals surface area contributed by atoms with Gasteiger partial charge in [-0.05, 0) is 6.07 Å². The first-order valence-corrected chi connectivity index (χ1v) is 2.97. The number of primary amides is 2. The summed E-state index contributed by atoms with van der Waals surface area (Å²) >= 11 is 5.39. The number of nitrogens with two attached hydrogens (primary N) is 2. The lowest BCUT2D eigenvalue weighted by molar-refractivity contribution is 0.256. The summed E-state index contributed by atoms with van der Waals surface area (Å²) in [6.45, 7) is 0. The highest BCUT2D eigenvalue weighted by atomic mass is 35.5. The number of urea groups is 1. The molecule has 0 aliphatic heterocycles. The Balaban J connectivity index is 0.000000218. The van der Waals surface area contributed by atoms with Crippen molar-refractivity contribution in [1.82, 2.24) is 9.97 Å². The number of hydrogen-bond acceptors (Lipinski definition) is 3. The largest absolute Gasteiger partial charge is 0.352 e. The van der Waals surface area contributed by atoms with Crippen LogP contribution in [0.1, 0.15) is 0 Å². The average molecular weight is 175 g/mol. The summed E-state index contributed by atoms with van der Waals surface area (Å²) in [5.41, 5.74) is 8.50. The number of nitrogens with zero attached hydrogens (tertiary/aromatic N) is 2. The number of halogens is 1. The van der Waals surface area contributed by atoms with Crippen molar-refractivity contribution in [3.05, 3.63) is 23.7 Å². The molecule has 60 valence electrons. The second-order valence-corrected chi connectivity index (χ2v) is 1.82. The van der Waals surface area contributed by atoms with Gasteiger partial charge < -0.3 is 11.5 Å². The summed E-state index contributed by atoms with van der Waals surface area (Å²) in [6, 6.07) is 0.793. The summed E-state index contributed by atoms with van der Waals surface area (Å²) in [5.74, 6) is 0. The zero-order chi connectivity index (χ0) is 8.69. The molecule has 11 heavy (non-hydrogen) atoms. The molecular formula is C5H7ClN4O. The fraction of sp³-hybridized carbons (Fsp3) is 0. The van der Waals surface area contributed by atoms with Gasteiger partial charge in [-0.3, -0.25) is 0 Å². The minimum Gasteiger partial charge on any atom is -0.352 e. The van der Waals surface area contributed by atoms with Crippen LogP contribution in [-0.2, 0) is 0 Å². The van der Waals surface area contributed by atoms with Gasteiger partial charge in [-0.2, -0.15) is 0 Å². The molecule has 0 unspecified atom stereocenters. The number of carbonyl (C=O) groups excluding carboxylic acids is 1. The minimum atomic E-state index is -0.833. The smallest absolute Gasteiger partial charge is 0.309 e. The van der Waals surface area contributed by atoms with Crippen molar-refractivity contribution in [3.8, 4) is 0 Å². The lowest BCUT2D eigenvalue weighted by Crippen LogP contribution is -2.18. The minimum absolute atomic E-state index is 0.481. The van der Waals surface area contributed by atoms with Crippen LogP contribution < -0.4 is 11.5 Å². The Morgan fingerprint density at radius 1 is 1.55 bits per heavy atom. The second-order valence-electron chi connectivity index (χ2n) is 1.43.